The van der Waals surface area contributed by atoms with Crippen molar-refractivity contribution in [3.05, 3.63) is 203 Å². The number of hydrogen-bond acceptors (Lipinski definition) is 6. The van der Waals surface area contributed by atoms with Gasteiger partial charge in [0.1, 0.15) is 21.2 Å². The van der Waals surface area contributed by atoms with E-state index >= 15 is 16.8 Å². The minimum Gasteiger partial charge on any atom is -0.231 e. The average Bonchev–Trinajstić information content (AvgIpc) is 3.90. The summed E-state index contributed by atoms with van der Waals surface area (Å²) in [4.78, 5) is 0.219. The Morgan fingerprint density at radius 2 is 0.694 bits per heavy atom. The summed E-state index contributed by atoms with van der Waals surface area (Å²) in [5.74, 6) is 0. The normalized spacial score (nSPS) is 11.8. The Hall–Kier alpha value is -6.56. The van der Waals surface area contributed by atoms with Crippen LogP contribution in [0, 0.1) is 13.8 Å². The van der Waals surface area contributed by atoms with Crippen LogP contribution in [0.5, 0.6) is 0 Å². The number of rotatable bonds is 10. The van der Waals surface area contributed by atoms with Crippen LogP contribution in [-0.4, -0.2) is 36.4 Å². The molecule has 0 saturated carbocycles. The van der Waals surface area contributed by atoms with Gasteiger partial charge >= 0.3 is 0 Å². The van der Waals surface area contributed by atoms with Crippen LogP contribution in [0.25, 0.3) is 56.4 Å². The number of aromatic nitrogens is 4. The van der Waals surface area contributed by atoms with E-state index in [4.69, 9.17) is 33.4 Å². The molecule has 0 unspecified atom stereocenters. The molecule has 9 aromatic rings. The maximum atomic E-state index is 15.0. The Morgan fingerprint density at radius 3 is 1.02 bits per heavy atom. The molecule has 0 aliphatic rings. The third-order valence-corrected chi connectivity index (χ3v) is 14.7. The summed E-state index contributed by atoms with van der Waals surface area (Å²) in [5.41, 5.74) is 6.36. The number of nitrogens with zero attached hydrogens (tertiary/aromatic N) is 4. The second kappa shape index (κ2) is 16.4. The summed E-state index contributed by atoms with van der Waals surface area (Å²) in [6, 6.07) is 53.0. The van der Waals surface area contributed by atoms with Gasteiger partial charge in [0.2, 0.25) is 19.7 Å². The second-order valence-electron chi connectivity index (χ2n) is 14.8. The highest BCUT2D eigenvalue weighted by Gasteiger charge is 2.35. The van der Waals surface area contributed by atoms with Crippen LogP contribution < -0.4 is 0 Å². The van der Waals surface area contributed by atoms with Crippen molar-refractivity contribution in [1.82, 2.24) is 19.6 Å². The Balaban J connectivity index is 1.32. The van der Waals surface area contributed by atoms with E-state index in [0.717, 1.165) is 11.1 Å². The Morgan fingerprint density at radius 1 is 0.387 bits per heavy atom. The molecule has 0 N–H and O–H groups in total. The molecule has 9 rings (SSSR count). The van der Waals surface area contributed by atoms with Gasteiger partial charge in [-0.3, -0.25) is 0 Å². The molecular formula is C50H36Cl2N4O4S2. The van der Waals surface area contributed by atoms with Crippen molar-refractivity contribution in [2.75, 3.05) is 0 Å². The summed E-state index contributed by atoms with van der Waals surface area (Å²) < 4.78 is 63.4. The van der Waals surface area contributed by atoms with Gasteiger partial charge < -0.3 is 0 Å². The maximum Gasteiger partial charge on any atom is 0.210 e. The average molecular weight is 892 g/mol. The number of aryl methyl sites for hydroxylation is 2. The molecule has 12 heteroatoms. The zero-order chi connectivity index (χ0) is 43.2. The van der Waals surface area contributed by atoms with E-state index < -0.39 is 19.7 Å². The molecular weight excluding hydrogens is 856 g/mol. The lowest BCUT2D eigenvalue weighted by Crippen LogP contribution is -2.07. The van der Waals surface area contributed by atoms with Crippen LogP contribution in [0.1, 0.15) is 11.1 Å². The quantitative estimate of drug-likeness (QED) is 0.135. The van der Waals surface area contributed by atoms with Crippen molar-refractivity contribution < 1.29 is 16.8 Å². The van der Waals surface area contributed by atoms with Crippen molar-refractivity contribution in [2.45, 2.75) is 33.4 Å². The predicted octanol–water partition coefficient (Wildman–Crippen LogP) is 12.3. The molecule has 2 heterocycles. The molecule has 306 valence electrons. The second-order valence-corrected chi connectivity index (χ2v) is 19.4. The van der Waals surface area contributed by atoms with E-state index in [1.54, 1.807) is 131 Å². The van der Waals surface area contributed by atoms with E-state index in [2.05, 4.69) is 0 Å². The highest BCUT2D eigenvalue weighted by molar-refractivity contribution is 7.92. The topological polar surface area (TPSA) is 104 Å². The summed E-state index contributed by atoms with van der Waals surface area (Å²) >= 11 is 12.6. The first kappa shape index (κ1) is 40.8. The fraction of sp³-hybridized carbons (Fsp3) is 0.0400. The number of benzene rings is 7. The van der Waals surface area contributed by atoms with Gasteiger partial charge in [-0.15, -0.1) is 0 Å². The minimum atomic E-state index is -4.23. The molecule has 0 fully saturated rings. The highest BCUT2D eigenvalue weighted by atomic mass is 35.5. The van der Waals surface area contributed by atoms with E-state index in [9.17, 15) is 0 Å². The molecule has 7 aromatic carbocycles. The Labute approximate surface area is 370 Å². The summed E-state index contributed by atoms with van der Waals surface area (Å²) in [7, 11) is -8.45. The lowest BCUT2D eigenvalue weighted by molar-refractivity contribution is 0.595. The molecule has 0 spiro atoms. The van der Waals surface area contributed by atoms with Gasteiger partial charge in [0.05, 0.1) is 32.6 Å². The van der Waals surface area contributed by atoms with Gasteiger partial charge in [-0.1, -0.05) is 144 Å². The molecule has 0 aliphatic carbocycles. The summed E-state index contributed by atoms with van der Waals surface area (Å²) in [6.07, 6.45) is 0. The van der Waals surface area contributed by atoms with Gasteiger partial charge in [0.15, 0.2) is 0 Å². The van der Waals surface area contributed by atoms with E-state index in [1.807, 2.05) is 74.5 Å². The number of sulfone groups is 2. The summed E-state index contributed by atoms with van der Waals surface area (Å²) in [6.45, 7) is 3.80. The number of para-hydroxylation sites is 2. The molecule has 0 amide bonds. The van der Waals surface area contributed by atoms with Crippen molar-refractivity contribution in [1.29, 1.82) is 0 Å². The first-order valence-electron chi connectivity index (χ1n) is 19.5. The largest absolute Gasteiger partial charge is 0.231 e. The van der Waals surface area contributed by atoms with Crippen LogP contribution >= 0.6 is 23.2 Å². The Bertz CT molecular complexity index is 3070. The molecule has 0 atom stereocenters. The molecule has 0 aliphatic heterocycles. The third-order valence-electron chi connectivity index (χ3n) is 10.6. The van der Waals surface area contributed by atoms with Gasteiger partial charge in [0, 0.05) is 32.3 Å². The van der Waals surface area contributed by atoms with Gasteiger partial charge in [0.25, 0.3) is 0 Å². The number of halogens is 2. The molecule has 0 radical (unpaired) electrons. The van der Waals surface area contributed by atoms with Gasteiger partial charge in [-0.2, -0.15) is 10.2 Å². The van der Waals surface area contributed by atoms with Crippen molar-refractivity contribution in [3.63, 3.8) is 0 Å². The molecule has 0 saturated heterocycles. The van der Waals surface area contributed by atoms with E-state index in [-0.39, 0.29) is 31.0 Å². The third kappa shape index (κ3) is 7.56. The smallest absolute Gasteiger partial charge is 0.210 e. The SMILES string of the molecule is Cc1ccc(S(=O)(=O)c2c(-c3ccc(Cl)cc3)nn(-c3ccccc3)c2-c2ccc(-c3c(S(=O)(=O)c4ccc(C)cc4)c(-c4ccc(Cl)cc4)nn3-c3ccccc3)cc2)cc1. The predicted molar refractivity (Wildman–Crippen MR) is 246 cm³/mol. The molecule has 0 bridgehead atoms. The van der Waals surface area contributed by atoms with Crippen molar-refractivity contribution >= 4 is 42.9 Å². The first-order valence-corrected chi connectivity index (χ1v) is 23.3. The molecule has 2 aromatic heterocycles. The lowest BCUT2D eigenvalue weighted by atomic mass is 10.0. The molecule has 8 nitrogen and oxygen atoms in total. The first-order chi connectivity index (χ1) is 29.9. The van der Waals surface area contributed by atoms with E-state index in [0.29, 0.717) is 55.1 Å². The number of hydrogen-bond donors (Lipinski definition) is 0. The van der Waals surface area contributed by atoms with E-state index in [1.165, 1.54) is 0 Å². The van der Waals surface area contributed by atoms with Crippen LogP contribution in [0.4, 0.5) is 0 Å². The van der Waals surface area contributed by atoms with Crippen LogP contribution in [0.2, 0.25) is 10.0 Å². The fourth-order valence-corrected chi connectivity index (χ4v) is 10.8. The Kier molecular flexibility index (Phi) is 10.8. The summed E-state index contributed by atoms with van der Waals surface area (Å²) in [5, 5.41) is 11.0. The van der Waals surface area contributed by atoms with Crippen LogP contribution in [-0.2, 0) is 19.7 Å². The zero-order valence-corrected chi connectivity index (χ0v) is 36.5. The standard InChI is InChI=1S/C50H36Cl2N4O4S2/c1-33-13-29-43(30-14-33)61(57,58)49-45(35-21-25-39(51)26-22-35)53-55(41-9-5-3-6-10-41)47(49)37-17-19-38(20-18-37)48-50(62(59,60)44-31-15-34(2)16-32-44)46(36-23-27-40(52)28-24-36)54-56(48)42-11-7-4-8-12-42/h3-32H,1-2H3. The van der Waals surface area contributed by atoms with Gasteiger partial charge in [-0.25, -0.2) is 26.2 Å². The highest BCUT2D eigenvalue weighted by Crippen LogP contribution is 2.44. The van der Waals surface area contributed by atoms with Crippen LogP contribution in [0.3, 0.4) is 0 Å². The van der Waals surface area contributed by atoms with Crippen LogP contribution in [0.15, 0.2) is 202 Å². The van der Waals surface area contributed by atoms with Gasteiger partial charge in [-0.05, 0) is 86.6 Å². The zero-order valence-electron chi connectivity index (χ0n) is 33.3. The molecule has 62 heavy (non-hydrogen) atoms. The monoisotopic (exact) mass is 890 g/mol. The minimum absolute atomic E-state index is 0.00210. The maximum absolute atomic E-state index is 15.0. The van der Waals surface area contributed by atoms with Crippen molar-refractivity contribution in [3.8, 4) is 56.4 Å². The fourth-order valence-electron chi connectivity index (χ4n) is 7.39. The lowest BCUT2D eigenvalue weighted by Gasteiger charge is -2.14. The van der Waals surface area contributed by atoms with Crippen molar-refractivity contribution in [2.24, 2.45) is 0 Å².